The minimum atomic E-state index is -5.08. The highest BCUT2D eigenvalue weighted by Crippen LogP contribution is 2.43. The molecule has 13 nitrogen and oxygen atoms in total. The summed E-state index contributed by atoms with van der Waals surface area (Å²) < 4.78 is 47.1. The molecule has 0 radical (unpaired) electrons. The van der Waals surface area contributed by atoms with Crippen molar-refractivity contribution in [1.29, 1.82) is 0 Å². The molecule has 0 amide bonds. The molecule has 15 heteroatoms. The first-order chi connectivity index (χ1) is 12.3. The molecule has 0 bridgehead atoms. The largest absolute Gasteiger partial charge is 0.524 e. The third-order valence-electron chi connectivity index (χ3n) is 3.14. The van der Waals surface area contributed by atoms with Crippen LogP contribution in [0, 0.1) is 20.2 Å². The number of phosphoric ester groups is 1. The zero-order valence-electron chi connectivity index (χ0n) is 12.8. The fourth-order valence-electron chi connectivity index (χ4n) is 2.21. The normalized spacial score (nSPS) is 11.8. The van der Waals surface area contributed by atoms with Crippen LogP contribution in [-0.2, 0) is 14.7 Å². The maximum absolute atomic E-state index is 11.4. The second kappa shape index (κ2) is 7.02. The highest BCUT2D eigenvalue weighted by Gasteiger charge is 2.34. The standard InChI is InChI=1S/C12H9N2O11PS/c15-13(16)9-5-6-10(27(22,23)24)12(14(17)18)11(9)7-1-3-8(4-2-7)25-26(19,20)21/h1-6H,(H2,19,20,21)(H,22,23,24). The van der Waals surface area contributed by atoms with Gasteiger partial charge >= 0.3 is 23.6 Å². The second-order valence-corrected chi connectivity index (χ2v) is 7.46. The molecule has 0 aliphatic rings. The molecule has 3 N–H and O–H groups in total. The van der Waals surface area contributed by atoms with Gasteiger partial charge in [0, 0.05) is 6.07 Å². The van der Waals surface area contributed by atoms with E-state index in [-0.39, 0.29) is 11.3 Å². The summed E-state index contributed by atoms with van der Waals surface area (Å²) in [6, 6.07) is 5.11. The van der Waals surface area contributed by atoms with E-state index in [9.17, 15) is 37.8 Å². The number of hydrogen-bond donors (Lipinski definition) is 3. The molecule has 0 aliphatic carbocycles. The quantitative estimate of drug-likeness (QED) is 0.266. The Labute approximate surface area is 150 Å². The van der Waals surface area contributed by atoms with Gasteiger partial charge in [-0.25, -0.2) is 4.57 Å². The van der Waals surface area contributed by atoms with Gasteiger partial charge in [0.15, 0.2) is 4.90 Å². The Morgan fingerprint density at radius 1 is 0.963 bits per heavy atom. The van der Waals surface area contributed by atoms with Gasteiger partial charge in [-0.3, -0.25) is 34.6 Å². The minimum absolute atomic E-state index is 0.225. The van der Waals surface area contributed by atoms with E-state index in [0.29, 0.717) is 12.1 Å². The van der Waals surface area contributed by atoms with Crippen molar-refractivity contribution < 1.29 is 41.7 Å². The van der Waals surface area contributed by atoms with Crippen LogP contribution < -0.4 is 4.52 Å². The Morgan fingerprint density at radius 2 is 1.52 bits per heavy atom. The maximum Gasteiger partial charge on any atom is 0.524 e. The highest BCUT2D eigenvalue weighted by molar-refractivity contribution is 7.86. The third kappa shape index (κ3) is 4.64. The fraction of sp³-hybridized carbons (Fsp3) is 0. The summed E-state index contributed by atoms with van der Waals surface area (Å²) in [6.45, 7) is 0. The van der Waals surface area contributed by atoms with E-state index in [2.05, 4.69) is 4.52 Å². The molecule has 0 aliphatic heterocycles. The first kappa shape index (κ1) is 20.4. The topological polar surface area (TPSA) is 207 Å². The van der Waals surface area contributed by atoms with Gasteiger partial charge in [0.25, 0.3) is 5.69 Å². The summed E-state index contributed by atoms with van der Waals surface area (Å²) in [5.74, 6) is -0.344. The number of nitro groups is 2. The molecule has 0 spiro atoms. The van der Waals surface area contributed by atoms with Gasteiger partial charge in [0.1, 0.15) is 11.3 Å². The van der Waals surface area contributed by atoms with Crippen molar-refractivity contribution in [1.82, 2.24) is 0 Å². The lowest BCUT2D eigenvalue weighted by molar-refractivity contribution is -0.394. The number of hydrogen-bond acceptors (Lipinski definition) is 8. The van der Waals surface area contributed by atoms with E-state index in [0.717, 1.165) is 24.3 Å². The summed E-state index contributed by atoms with van der Waals surface area (Å²) in [5, 5.41) is 22.6. The van der Waals surface area contributed by atoms with Crippen molar-refractivity contribution in [3.8, 4) is 16.9 Å². The Balaban J connectivity index is 2.79. The van der Waals surface area contributed by atoms with Gasteiger partial charge in [-0.15, -0.1) is 0 Å². The lowest BCUT2D eigenvalue weighted by atomic mass is 10.0. The number of phosphoric acid groups is 1. The van der Waals surface area contributed by atoms with Gasteiger partial charge in [-0.2, -0.15) is 8.42 Å². The lowest BCUT2D eigenvalue weighted by Crippen LogP contribution is -2.06. The molecule has 0 aromatic heterocycles. The number of nitrogens with zero attached hydrogens (tertiary/aromatic N) is 2. The van der Waals surface area contributed by atoms with Crippen LogP contribution in [0.15, 0.2) is 41.3 Å². The Bertz CT molecular complexity index is 1080. The van der Waals surface area contributed by atoms with Gasteiger partial charge in [-0.05, 0) is 23.8 Å². The average molecular weight is 420 g/mol. The van der Waals surface area contributed by atoms with Crippen molar-refractivity contribution in [3.63, 3.8) is 0 Å². The Kier molecular flexibility index (Phi) is 5.30. The van der Waals surface area contributed by atoms with Gasteiger partial charge < -0.3 is 4.52 Å². The summed E-state index contributed by atoms with van der Waals surface area (Å²) >= 11 is 0. The Hall–Kier alpha value is -2.90. The summed E-state index contributed by atoms with van der Waals surface area (Å²) in [4.78, 5) is 36.7. The van der Waals surface area contributed by atoms with E-state index < -0.39 is 49.6 Å². The van der Waals surface area contributed by atoms with Crippen molar-refractivity contribution >= 4 is 29.3 Å². The summed E-state index contributed by atoms with van der Waals surface area (Å²) in [6.07, 6.45) is 0. The lowest BCUT2D eigenvalue weighted by Gasteiger charge is -2.09. The molecule has 27 heavy (non-hydrogen) atoms. The van der Waals surface area contributed by atoms with Crippen molar-refractivity contribution in [2.75, 3.05) is 0 Å². The molecule has 144 valence electrons. The molecule has 2 aromatic carbocycles. The first-order valence-corrected chi connectivity index (χ1v) is 9.57. The fourth-order valence-corrected chi connectivity index (χ4v) is 3.26. The molecule has 0 heterocycles. The SMILES string of the molecule is O=[N+]([O-])c1ccc(S(=O)(=O)O)c([N+](=O)[O-])c1-c1ccc(OP(=O)(O)O)cc1. The van der Waals surface area contributed by atoms with E-state index in [4.69, 9.17) is 9.79 Å². The van der Waals surface area contributed by atoms with Crippen LogP contribution in [0.3, 0.4) is 0 Å². The predicted octanol–water partition coefficient (Wildman–Crippen LogP) is 1.89. The van der Waals surface area contributed by atoms with E-state index >= 15 is 0 Å². The van der Waals surface area contributed by atoms with E-state index in [1.54, 1.807) is 0 Å². The van der Waals surface area contributed by atoms with Crippen LogP contribution in [0.1, 0.15) is 0 Å². The average Bonchev–Trinajstić information content (AvgIpc) is 2.51. The van der Waals surface area contributed by atoms with Crippen molar-refractivity contribution in [3.05, 3.63) is 56.6 Å². The smallest absolute Gasteiger partial charge is 0.404 e. The predicted molar refractivity (Wildman–Crippen MR) is 87.7 cm³/mol. The number of rotatable bonds is 6. The molecular weight excluding hydrogens is 411 g/mol. The zero-order chi connectivity index (χ0) is 20.6. The second-order valence-electron chi connectivity index (χ2n) is 4.90. The van der Waals surface area contributed by atoms with Crippen LogP contribution >= 0.6 is 7.82 Å². The molecule has 2 aromatic rings. The first-order valence-electron chi connectivity index (χ1n) is 6.60. The molecule has 0 saturated carbocycles. The van der Waals surface area contributed by atoms with Crippen LogP contribution in [-0.4, -0.2) is 32.6 Å². The van der Waals surface area contributed by atoms with E-state index in [1.165, 1.54) is 0 Å². The van der Waals surface area contributed by atoms with E-state index in [1.807, 2.05) is 0 Å². The highest BCUT2D eigenvalue weighted by atomic mass is 32.2. The van der Waals surface area contributed by atoms with Crippen LogP contribution in [0.5, 0.6) is 5.75 Å². The molecular formula is C12H9N2O11PS. The van der Waals surface area contributed by atoms with Gasteiger partial charge in [0.05, 0.1) is 9.85 Å². The maximum atomic E-state index is 11.4. The van der Waals surface area contributed by atoms with Gasteiger partial charge in [0.2, 0.25) is 0 Å². The molecule has 0 unspecified atom stereocenters. The van der Waals surface area contributed by atoms with Crippen LogP contribution in [0.25, 0.3) is 11.1 Å². The number of benzene rings is 2. The third-order valence-corrected chi connectivity index (χ3v) is 4.48. The molecule has 0 atom stereocenters. The summed E-state index contributed by atoms with van der Waals surface area (Å²) in [5.41, 5.74) is -2.99. The molecule has 0 saturated heterocycles. The van der Waals surface area contributed by atoms with Gasteiger partial charge in [-0.1, -0.05) is 12.1 Å². The van der Waals surface area contributed by atoms with Crippen LogP contribution in [0.4, 0.5) is 11.4 Å². The molecule has 0 fully saturated rings. The van der Waals surface area contributed by atoms with Crippen molar-refractivity contribution in [2.45, 2.75) is 4.90 Å². The molecule has 2 rings (SSSR count). The minimum Gasteiger partial charge on any atom is -0.404 e. The van der Waals surface area contributed by atoms with Crippen LogP contribution in [0.2, 0.25) is 0 Å². The zero-order valence-corrected chi connectivity index (χ0v) is 14.5. The monoisotopic (exact) mass is 420 g/mol. The summed E-state index contributed by atoms with van der Waals surface area (Å²) in [7, 11) is -9.96. The number of nitro benzene ring substituents is 2. The Morgan fingerprint density at radius 3 is 1.93 bits per heavy atom. The van der Waals surface area contributed by atoms with Crippen molar-refractivity contribution in [2.24, 2.45) is 0 Å².